The molecule has 0 unspecified atom stereocenters. The second kappa shape index (κ2) is 5.25. The summed E-state index contributed by atoms with van der Waals surface area (Å²) in [6, 6.07) is 8.39. The Morgan fingerprint density at radius 3 is 2.61 bits per heavy atom. The van der Waals surface area contributed by atoms with E-state index >= 15 is 0 Å². The second-order valence-electron chi connectivity index (χ2n) is 3.53. The third-order valence-corrected chi connectivity index (χ3v) is 2.89. The Bertz CT molecular complexity index is 602. The highest BCUT2D eigenvalue weighted by atomic mass is 35.5. The van der Waals surface area contributed by atoms with Crippen molar-refractivity contribution >= 4 is 40.6 Å². The number of pyridine rings is 1. The number of nitrogens with one attached hydrogen (secondary N) is 1. The second-order valence-corrected chi connectivity index (χ2v) is 4.34. The monoisotopic (exact) mass is 281 g/mol. The molecule has 92 valence electrons. The molecule has 0 spiro atoms. The largest absolute Gasteiger partial charge is 0.382 e. The Balaban J connectivity index is 2.22. The van der Waals surface area contributed by atoms with Gasteiger partial charge in [-0.05, 0) is 18.2 Å². The highest BCUT2D eigenvalue weighted by molar-refractivity contribution is 6.34. The molecule has 4 nitrogen and oxygen atoms in total. The highest BCUT2D eigenvalue weighted by Gasteiger charge is 2.10. The van der Waals surface area contributed by atoms with Crippen molar-refractivity contribution in [3.8, 4) is 0 Å². The van der Waals surface area contributed by atoms with Gasteiger partial charge in [0.2, 0.25) is 0 Å². The number of nitrogens with zero attached hydrogens (tertiary/aromatic N) is 1. The standard InChI is InChI=1S/C12H9Cl2N3O/c13-8-3-1-2-4-10(8)17-12(18)7-5-9(14)11(15)16-6-7/h1-6H,(H2,15,16)(H,17,18). The molecular formula is C12H9Cl2N3O. The number of aromatic nitrogens is 1. The van der Waals surface area contributed by atoms with E-state index in [9.17, 15) is 4.79 Å². The predicted molar refractivity (Wildman–Crippen MR) is 73.1 cm³/mol. The Morgan fingerprint density at radius 2 is 1.94 bits per heavy atom. The number of rotatable bonds is 2. The zero-order valence-corrected chi connectivity index (χ0v) is 10.7. The molecule has 0 aliphatic heterocycles. The Morgan fingerprint density at radius 1 is 1.22 bits per heavy atom. The van der Waals surface area contributed by atoms with Crippen LogP contribution in [0.5, 0.6) is 0 Å². The van der Waals surface area contributed by atoms with Gasteiger partial charge in [-0.2, -0.15) is 0 Å². The summed E-state index contributed by atoms with van der Waals surface area (Å²) in [7, 11) is 0. The molecule has 0 saturated heterocycles. The first-order chi connectivity index (χ1) is 8.58. The normalized spacial score (nSPS) is 10.1. The van der Waals surface area contributed by atoms with Crippen molar-refractivity contribution in [3.63, 3.8) is 0 Å². The zero-order valence-electron chi connectivity index (χ0n) is 9.15. The van der Waals surface area contributed by atoms with Crippen LogP contribution in [0.15, 0.2) is 36.5 Å². The quantitative estimate of drug-likeness (QED) is 0.888. The number of hydrogen-bond donors (Lipinski definition) is 2. The fraction of sp³-hybridized carbons (Fsp3) is 0. The van der Waals surface area contributed by atoms with Gasteiger partial charge in [-0.1, -0.05) is 35.3 Å². The molecule has 0 saturated carbocycles. The van der Waals surface area contributed by atoms with Gasteiger partial charge in [0.05, 0.1) is 21.3 Å². The van der Waals surface area contributed by atoms with Gasteiger partial charge in [-0.3, -0.25) is 4.79 Å². The van der Waals surface area contributed by atoms with Crippen LogP contribution in [0.3, 0.4) is 0 Å². The van der Waals surface area contributed by atoms with E-state index in [1.54, 1.807) is 24.3 Å². The summed E-state index contributed by atoms with van der Waals surface area (Å²) in [6.45, 7) is 0. The van der Waals surface area contributed by atoms with E-state index in [0.29, 0.717) is 16.3 Å². The lowest BCUT2D eigenvalue weighted by atomic mass is 10.2. The summed E-state index contributed by atoms with van der Waals surface area (Å²) in [5, 5.41) is 3.36. The molecular weight excluding hydrogens is 273 g/mol. The first-order valence-corrected chi connectivity index (χ1v) is 5.80. The summed E-state index contributed by atoms with van der Waals surface area (Å²) in [5.74, 6) is -0.163. The lowest BCUT2D eigenvalue weighted by Crippen LogP contribution is -2.12. The van der Waals surface area contributed by atoms with Crippen molar-refractivity contribution in [2.75, 3.05) is 11.1 Å². The first kappa shape index (κ1) is 12.7. The van der Waals surface area contributed by atoms with Crippen molar-refractivity contribution in [1.29, 1.82) is 0 Å². The zero-order chi connectivity index (χ0) is 13.1. The minimum atomic E-state index is -0.350. The number of anilines is 2. The molecule has 2 aromatic rings. The predicted octanol–water partition coefficient (Wildman–Crippen LogP) is 3.22. The Kier molecular flexibility index (Phi) is 3.69. The number of hydrogen-bond acceptors (Lipinski definition) is 3. The van der Waals surface area contributed by atoms with Crippen molar-refractivity contribution in [3.05, 3.63) is 52.1 Å². The van der Waals surface area contributed by atoms with E-state index in [4.69, 9.17) is 28.9 Å². The van der Waals surface area contributed by atoms with Gasteiger partial charge in [0.25, 0.3) is 5.91 Å². The van der Waals surface area contributed by atoms with E-state index in [0.717, 1.165) is 0 Å². The minimum Gasteiger partial charge on any atom is -0.382 e. The van der Waals surface area contributed by atoms with E-state index in [-0.39, 0.29) is 16.7 Å². The number of carbonyl (C=O) groups is 1. The minimum absolute atomic E-state index is 0.186. The fourth-order valence-corrected chi connectivity index (χ4v) is 1.68. The van der Waals surface area contributed by atoms with Gasteiger partial charge in [0.15, 0.2) is 0 Å². The molecule has 0 radical (unpaired) electrons. The topological polar surface area (TPSA) is 68.0 Å². The molecule has 0 bridgehead atoms. The molecule has 6 heteroatoms. The van der Waals surface area contributed by atoms with Crippen LogP contribution in [-0.4, -0.2) is 10.9 Å². The maximum absolute atomic E-state index is 11.9. The molecule has 0 aliphatic rings. The molecule has 0 aliphatic carbocycles. The van der Waals surface area contributed by atoms with Crippen LogP contribution in [0.2, 0.25) is 10.0 Å². The van der Waals surface area contributed by atoms with Crippen molar-refractivity contribution in [2.45, 2.75) is 0 Å². The van der Waals surface area contributed by atoms with E-state index in [2.05, 4.69) is 10.3 Å². The third-order valence-electron chi connectivity index (χ3n) is 2.25. The number of carbonyl (C=O) groups excluding carboxylic acids is 1. The lowest BCUT2D eigenvalue weighted by Gasteiger charge is -2.07. The van der Waals surface area contributed by atoms with Crippen LogP contribution in [-0.2, 0) is 0 Å². The van der Waals surface area contributed by atoms with E-state index in [1.807, 2.05) is 0 Å². The van der Waals surface area contributed by atoms with Gasteiger partial charge in [0.1, 0.15) is 5.82 Å². The molecule has 1 aromatic carbocycles. The maximum Gasteiger partial charge on any atom is 0.257 e. The first-order valence-electron chi connectivity index (χ1n) is 5.05. The summed E-state index contributed by atoms with van der Waals surface area (Å²) in [4.78, 5) is 15.7. The van der Waals surface area contributed by atoms with Gasteiger partial charge in [-0.25, -0.2) is 4.98 Å². The van der Waals surface area contributed by atoms with Crippen LogP contribution in [0.25, 0.3) is 0 Å². The van der Waals surface area contributed by atoms with Crippen molar-refractivity contribution in [2.24, 2.45) is 0 Å². The number of amides is 1. The molecule has 1 heterocycles. The number of para-hydroxylation sites is 1. The molecule has 3 N–H and O–H groups in total. The summed E-state index contributed by atoms with van der Waals surface area (Å²) < 4.78 is 0. The van der Waals surface area contributed by atoms with Crippen LogP contribution in [0.1, 0.15) is 10.4 Å². The van der Waals surface area contributed by atoms with Gasteiger partial charge >= 0.3 is 0 Å². The summed E-state index contributed by atoms with van der Waals surface area (Å²) >= 11 is 11.7. The molecule has 0 atom stereocenters. The number of nitrogen functional groups attached to an aromatic ring is 1. The smallest absolute Gasteiger partial charge is 0.257 e. The van der Waals surface area contributed by atoms with Crippen LogP contribution in [0, 0.1) is 0 Å². The number of nitrogens with two attached hydrogens (primary N) is 1. The van der Waals surface area contributed by atoms with Gasteiger partial charge < -0.3 is 11.1 Å². The highest BCUT2D eigenvalue weighted by Crippen LogP contribution is 2.22. The van der Waals surface area contributed by atoms with Crippen molar-refractivity contribution < 1.29 is 4.79 Å². The molecule has 1 amide bonds. The molecule has 1 aromatic heterocycles. The number of halogens is 2. The molecule has 0 fully saturated rings. The molecule has 2 rings (SSSR count). The maximum atomic E-state index is 11.9. The Labute approximate surface area is 114 Å². The lowest BCUT2D eigenvalue weighted by molar-refractivity contribution is 0.102. The summed E-state index contributed by atoms with van der Waals surface area (Å²) in [6.07, 6.45) is 1.35. The average molecular weight is 282 g/mol. The van der Waals surface area contributed by atoms with Gasteiger partial charge in [-0.15, -0.1) is 0 Å². The van der Waals surface area contributed by atoms with E-state index < -0.39 is 0 Å². The van der Waals surface area contributed by atoms with Crippen LogP contribution >= 0.6 is 23.2 Å². The SMILES string of the molecule is Nc1ncc(C(=O)Nc2ccccc2Cl)cc1Cl. The number of benzene rings is 1. The van der Waals surface area contributed by atoms with Crippen LogP contribution < -0.4 is 11.1 Å². The average Bonchev–Trinajstić information content (AvgIpc) is 2.35. The van der Waals surface area contributed by atoms with Crippen molar-refractivity contribution in [1.82, 2.24) is 4.98 Å². The fourth-order valence-electron chi connectivity index (χ4n) is 1.33. The van der Waals surface area contributed by atoms with Gasteiger partial charge in [0, 0.05) is 6.20 Å². The Hall–Kier alpha value is -1.78. The molecule has 18 heavy (non-hydrogen) atoms. The third kappa shape index (κ3) is 2.72. The van der Waals surface area contributed by atoms with Crippen LogP contribution in [0.4, 0.5) is 11.5 Å². The summed E-state index contributed by atoms with van der Waals surface area (Å²) in [5.41, 5.74) is 6.31. The van der Waals surface area contributed by atoms with E-state index in [1.165, 1.54) is 12.3 Å².